The summed E-state index contributed by atoms with van der Waals surface area (Å²) in [5.41, 5.74) is 1.29. The van der Waals surface area contributed by atoms with E-state index in [1.807, 2.05) is 49.1 Å². The van der Waals surface area contributed by atoms with Crippen molar-refractivity contribution in [3.8, 4) is 11.5 Å². The molecule has 1 aliphatic rings. The first-order valence-corrected chi connectivity index (χ1v) is 13.0. The van der Waals surface area contributed by atoms with E-state index in [1.54, 1.807) is 32.4 Å². The Morgan fingerprint density at radius 2 is 1.76 bits per heavy atom. The van der Waals surface area contributed by atoms with Gasteiger partial charge in [0, 0.05) is 50.4 Å². The van der Waals surface area contributed by atoms with Gasteiger partial charge < -0.3 is 29.7 Å². The van der Waals surface area contributed by atoms with Crippen molar-refractivity contribution in [2.24, 2.45) is 11.8 Å². The number of ketones is 1. The minimum absolute atomic E-state index is 0.0303. The van der Waals surface area contributed by atoms with E-state index in [-0.39, 0.29) is 23.7 Å². The normalized spacial score (nSPS) is 17.1. The second-order valence-corrected chi connectivity index (χ2v) is 9.71. The largest absolute Gasteiger partial charge is 0.493 e. The molecule has 0 saturated carbocycles. The summed E-state index contributed by atoms with van der Waals surface area (Å²) in [5, 5.41) is 6.80. The summed E-state index contributed by atoms with van der Waals surface area (Å²) >= 11 is 0. The average molecular weight is 512 g/mol. The van der Waals surface area contributed by atoms with Crippen LogP contribution in [-0.2, 0) is 4.74 Å². The van der Waals surface area contributed by atoms with Crippen LogP contribution in [0.2, 0.25) is 0 Å². The summed E-state index contributed by atoms with van der Waals surface area (Å²) in [4.78, 5) is 28.0. The maximum absolute atomic E-state index is 13.6. The molecule has 1 aliphatic heterocycles. The monoisotopic (exact) mass is 511 g/mol. The number of nitrogens with one attached hydrogen (secondary N) is 2. The van der Waals surface area contributed by atoms with Crippen LogP contribution in [0.3, 0.4) is 0 Å². The van der Waals surface area contributed by atoms with Gasteiger partial charge in [-0.2, -0.15) is 0 Å². The predicted molar refractivity (Wildman–Crippen MR) is 145 cm³/mol. The molecule has 8 heteroatoms. The van der Waals surface area contributed by atoms with E-state index >= 15 is 0 Å². The van der Waals surface area contributed by atoms with Crippen LogP contribution in [0.1, 0.15) is 41.0 Å². The molecule has 2 aromatic rings. The number of benzene rings is 2. The lowest BCUT2D eigenvalue weighted by molar-refractivity contribution is 0.0661. The van der Waals surface area contributed by atoms with Crippen molar-refractivity contribution in [2.75, 3.05) is 60.2 Å². The van der Waals surface area contributed by atoms with Crippen LogP contribution in [0.4, 0.5) is 0 Å². The Hall–Kier alpha value is -2.94. The molecule has 1 heterocycles. The van der Waals surface area contributed by atoms with E-state index in [2.05, 4.69) is 10.6 Å². The van der Waals surface area contributed by atoms with Gasteiger partial charge in [-0.15, -0.1) is 0 Å². The van der Waals surface area contributed by atoms with Gasteiger partial charge in [-0.25, -0.2) is 0 Å². The van der Waals surface area contributed by atoms with E-state index in [4.69, 9.17) is 14.2 Å². The third-order valence-corrected chi connectivity index (χ3v) is 6.74. The Morgan fingerprint density at radius 3 is 2.46 bits per heavy atom. The zero-order chi connectivity index (χ0) is 26.6. The molecule has 0 bridgehead atoms. The highest BCUT2D eigenvalue weighted by atomic mass is 16.5. The molecular weight excluding hydrogens is 470 g/mol. The number of carbonyl (C=O) groups is 2. The van der Waals surface area contributed by atoms with Crippen molar-refractivity contribution in [1.82, 2.24) is 15.5 Å². The molecule has 37 heavy (non-hydrogen) atoms. The van der Waals surface area contributed by atoms with Crippen LogP contribution in [-0.4, -0.2) is 82.8 Å². The fourth-order valence-electron chi connectivity index (χ4n) is 4.59. The molecule has 0 aliphatic carbocycles. The number of ether oxygens (including phenoxy) is 3. The van der Waals surface area contributed by atoms with Crippen LogP contribution in [0.15, 0.2) is 48.5 Å². The van der Waals surface area contributed by atoms with Crippen molar-refractivity contribution < 1.29 is 23.8 Å². The molecule has 1 saturated heterocycles. The summed E-state index contributed by atoms with van der Waals surface area (Å²) in [6, 6.07) is 14.7. The zero-order valence-corrected chi connectivity index (χ0v) is 22.5. The van der Waals surface area contributed by atoms with Crippen LogP contribution < -0.4 is 20.1 Å². The standard InChI is InChI=1S/C29H41N3O5/c1-21(2)32(29(34)23-11-12-27(36-4)28(15-23)37-14-8-13-35-3)20-25-18-30-16-24(25)17-31-19-26(33)22-9-6-5-7-10-22/h5-7,9-12,15,21,24-25,30-31H,8,13-14,16-20H2,1-4H3/t24-,25-/m0/s1. The fraction of sp³-hybridized carbons (Fsp3) is 0.517. The number of hydrogen-bond acceptors (Lipinski definition) is 7. The number of Topliss-reactive ketones (excluding diaryl/α,β-unsaturated/α-hetero) is 1. The van der Waals surface area contributed by atoms with Crippen molar-refractivity contribution in [2.45, 2.75) is 26.3 Å². The maximum atomic E-state index is 13.6. The van der Waals surface area contributed by atoms with E-state index in [9.17, 15) is 9.59 Å². The number of nitrogens with zero attached hydrogens (tertiary/aromatic N) is 1. The Kier molecular flexibility index (Phi) is 11.4. The molecule has 1 amide bonds. The molecule has 0 unspecified atom stereocenters. The van der Waals surface area contributed by atoms with E-state index < -0.39 is 0 Å². The first-order chi connectivity index (χ1) is 17.9. The van der Waals surface area contributed by atoms with Gasteiger partial charge in [0.2, 0.25) is 0 Å². The third-order valence-electron chi connectivity index (χ3n) is 6.74. The van der Waals surface area contributed by atoms with Crippen LogP contribution >= 0.6 is 0 Å². The minimum Gasteiger partial charge on any atom is -0.493 e. The zero-order valence-electron chi connectivity index (χ0n) is 22.5. The summed E-state index contributed by atoms with van der Waals surface area (Å²) in [6.45, 7) is 8.52. The molecule has 2 aromatic carbocycles. The lowest BCUT2D eigenvalue weighted by Crippen LogP contribution is -2.43. The molecular formula is C29H41N3O5. The molecule has 202 valence electrons. The quantitative estimate of drug-likeness (QED) is 0.280. The van der Waals surface area contributed by atoms with Gasteiger partial charge in [0.25, 0.3) is 5.91 Å². The van der Waals surface area contributed by atoms with Gasteiger partial charge in [0.05, 0.1) is 20.3 Å². The number of amides is 1. The topological polar surface area (TPSA) is 89.1 Å². The van der Waals surface area contributed by atoms with Gasteiger partial charge in [-0.05, 0) is 57.0 Å². The van der Waals surface area contributed by atoms with Crippen LogP contribution in [0.25, 0.3) is 0 Å². The lowest BCUT2D eigenvalue weighted by Gasteiger charge is -2.32. The number of rotatable bonds is 15. The van der Waals surface area contributed by atoms with Gasteiger partial charge >= 0.3 is 0 Å². The second kappa shape index (κ2) is 14.7. The van der Waals surface area contributed by atoms with E-state index in [0.29, 0.717) is 54.8 Å². The summed E-state index contributed by atoms with van der Waals surface area (Å²) in [6.07, 6.45) is 0.747. The van der Waals surface area contributed by atoms with E-state index in [0.717, 1.165) is 26.1 Å². The Bertz CT molecular complexity index is 998. The fourth-order valence-corrected chi connectivity index (χ4v) is 4.59. The second-order valence-electron chi connectivity index (χ2n) is 9.71. The summed E-state index contributed by atoms with van der Waals surface area (Å²) in [7, 11) is 3.25. The van der Waals surface area contributed by atoms with Crippen molar-refractivity contribution >= 4 is 11.7 Å². The molecule has 0 spiro atoms. The highest BCUT2D eigenvalue weighted by Crippen LogP contribution is 2.29. The highest BCUT2D eigenvalue weighted by Gasteiger charge is 2.31. The SMILES string of the molecule is COCCCOc1cc(C(=O)N(C[C@@H]2CNC[C@H]2CNCC(=O)c2ccccc2)C(C)C)ccc1OC. The Labute approximate surface area is 220 Å². The van der Waals surface area contributed by atoms with Gasteiger partial charge in [-0.1, -0.05) is 30.3 Å². The smallest absolute Gasteiger partial charge is 0.254 e. The van der Waals surface area contributed by atoms with Crippen LogP contribution in [0, 0.1) is 11.8 Å². The third kappa shape index (κ3) is 8.28. The average Bonchev–Trinajstić information content (AvgIpc) is 3.36. The number of methoxy groups -OCH3 is 2. The van der Waals surface area contributed by atoms with Gasteiger partial charge in [0.1, 0.15) is 0 Å². The number of carbonyl (C=O) groups excluding carboxylic acids is 2. The molecule has 2 N–H and O–H groups in total. The van der Waals surface area contributed by atoms with Crippen LogP contribution in [0.5, 0.6) is 11.5 Å². The maximum Gasteiger partial charge on any atom is 0.254 e. The predicted octanol–water partition coefficient (Wildman–Crippen LogP) is 3.27. The van der Waals surface area contributed by atoms with Crippen molar-refractivity contribution in [3.05, 3.63) is 59.7 Å². The van der Waals surface area contributed by atoms with Gasteiger partial charge in [0.15, 0.2) is 17.3 Å². The molecule has 3 rings (SSSR count). The van der Waals surface area contributed by atoms with E-state index in [1.165, 1.54) is 0 Å². The summed E-state index contributed by atoms with van der Waals surface area (Å²) in [5.74, 6) is 1.82. The molecule has 0 aromatic heterocycles. The van der Waals surface area contributed by atoms with Crippen molar-refractivity contribution in [1.29, 1.82) is 0 Å². The Morgan fingerprint density at radius 1 is 1.00 bits per heavy atom. The molecule has 2 atom stereocenters. The molecule has 8 nitrogen and oxygen atoms in total. The Balaban J connectivity index is 1.61. The molecule has 1 fully saturated rings. The summed E-state index contributed by atoms with van der Waals surface area (Å²) < 4.78 is 16.4. The molecule has 0 radical (unpaired) electrons. The first kappa shape index (κ1) is 28.6. The number of hydrogen-bond donors (Lipinski definition) is 2. The minimum atomic E-state index is -0.0303. The highest BCUT2D eigenvalue weighted by molar-refractivity contribution is 5.97. The first-order valence-electron chi connectivity index (χ1n) is 13.0. The van der Waals surface area contributed by atoms with Gasteiger partial charge in [-0.3, -0.25) is 9.59 Å². The van der Waals surface area contributed by atoms with Crippen molar-refractivity contribution in [3.63, 3.8) is 0 Å². The lowest BCUT2D eigenvalue weighted by atomic mass is 9.94.